The van der Waals surface area contributed by atoms with E-state index in [0.29, 0.717) is 10.7 Å². The third-order valence-corrected chi connectivity index (χ3v) is 1.000. The Morgan fingerprint density at radius 1 is 1.67 bits per heavy atom. The molecule has 2 heteroatoms. The molecule has 0 aromatic rings. The van der Waals surface area contributed by atoms with Gasteiger partial charge < -0.3 is 5.73 Å². The van der Waals surface area contributed by atoms with Crippen molar-refractivity contribution in [3.05, 3.63) is 35.5 Å². The molecule has 0 aliphatic heterocycles. The van der Waals surface area contributed by atoms with Crippen LogP contribution >= 0.6 is 11.6 Å². The molecule has 0 amide bonds. The van der Waals surface area contributed by atoms with Crippen LogP contribution in [0.3, 0.4) is 0 Å². The Morgan fingerprint density at radius 3 is 2.56 bits per heavy atom. The number of rotatable bonds is 2. The second-order valence-corrected chi connectivity index (χ2v) is 2.01. The molecule has 0 rings (SSSR count). The normalized spacial score (nSPS) is 12.4. The molecule has 50 valence electrons. The van der Waals surface area contributed by atoms with Crippen LogP contribution in [0.5, 0.6) is 0 Å². The van der Waals surface area contributed by atoms with Gasteiger partial charge in [0.15, 0.2) is 0 Å². The zero-order valence-corrected chi connectivity index (χ0v) is 6.15. The van der Waals surface area contributed by atoms with E-state index in [1.165, 1.54) is 0 Å². The molecule has 0 unspecified atom stereocenters. The second kappa shape index (κ2) is 4.21. The van der Waals surface area contributed by atoms with Crippen molar-refractivity contribution >= 4 is 11.6 Å². The molecule has 1 nitrogen and oxygen atoms in total. The fourth-order valence-electron chi connectivity index (χ4n) is 0.290. The summed E-state index contributed by atoms with van der Waals surface area (Å²) in [6.45, 7) is 5.35. The van der Waals surface area contributed by atoms with Crippen molar-refractivity contribution in [2.75, 3.05) is 0 Å². The minimum atomic E-state index is 0.383. The lowest BCUT2D eigenvalue weighted by atomic mass is 10.4. The minimum Gasteiger partial charge on any atom is -0.398 e. The van der Waals surface area contributed by atoms with Crippen LogP contribution in [0.25, 0.3) is 0 Å². The van der Waals surface area contributed by atoms with Gasteiger partial charge in [0.1, 0.15) is 0 Å². The van der Waals surface area contributed by atoms with Gasteiger partial charge in [-0.15, -0.1) is 0 Å². The van der Waals surface area contributed by atoms with Gasteiger partial charge in [0.05, 0.1) is 5.03 Å². The van der Waals surface area contributed by atoms with Gasteiger partial charge in [-0.3, -0.25) is 0 Å². The van der Waals surface area contributed by atoms with Crippen molar-refractivity contribution in [1.82, 2.24) is 0 Å². The van der Waals surface area contributed by atoms with Crippen LogP contribution < -0.4 is 5.73 Å². The third-order valence-electron chi connectivity index (χ3n) is 0.781. The molecule has 0 bridgehead atoms. The van der Waals surface area contributed by atoms with E-state index in [2.05, 4.69) is 6.58 Å². The number of nitrogens with two attached hydrogens (primary N) is 1. The lowest BCUT2D eigenvalue weighted by Gasteiger charge is -1.91. The first kappa shape index (κ1) is 8.31. The molecule has 0 heterocycles. The summed E-state index contributed by atoms with van der Waals surface area (Å²) in [6.07, 6.45) is 5.38. The van der Waals surface area contributed by atoms with E-state index in [0.717, 1.165) is 0 Å². The Balaban J connectivity index is 4.00. The molecular weight excluding hydrogens is 134 g/mol. The average Bonchev–Trinajstić information content (AvgIpc) is 1.82. The molecule has 0 radical (unpaired) electrons. The predicted molar refractivity (Wildman–Crippen MR) is 42.1 cm³/mol. The number of allylic oxidation sites excluding steroid dienone is 4. The largest absolute Gasteiger partial charge is 0.398 e. The van der Waals surface area contributed by atoms with Gasteiger partial charge in [-0.25, -0.2) is 0 Å². The molecular formula is C7H10ClN. The maximum atomic E-state index is 5.44. The van der Waals surface area contributed by atoms with Gasteiger partial charge in [0.2, 0.25) is 0 Å². The first-order valence-corrected chi connectivity index (χ1v) is 2.99. The fourth-order valence-corrected chi connectivity index (χ4v) is 0.353. The quantitative estimate of drug-likeness (QED) is 0.589. The highest BCUT2D eigenvalue weighted by Gasteiger charge is 1.86. The lowest BCUT2D eigenvalue weighted by molar-refractivity contribution is 1.41. The SMILES string of the molecule is C=C(Cl)/C(N)=C\C=C/C. The molecule has 0 aromatic heterocycles. The number of hydrogen-bond acceptors (Lipinski definition) is 1. The smallest absolute Gasteiger partial charge is 0.0563 e. The first-order chi connectivity index (χ1) is 4.18. The fraction of sp³-hybridized carbons (Fsp3) is 0.143. The van der Waals surface area contributed by atoms with Crippen molar-refractivity contribution in [3.8, 4) is 0 Å². The Bertz CT molecular complexity index is 156. The molecule has 0 aliphatic carbocycles. The molecule has 0 saturated carbocycles. The van der Waals surface area contributed by atoms with Gasteiger partial charge >= 0.3 is 0 Å². The predicted octanol–water partition coefficient (Wildman–Crippen LogP) is 2.16. The zero-order chi connectivity index (χ0) is 7.28. The molecule has 2 N–H and O–H groups in total. The molecule has 9 heavy (non-hydrogen) atoms. The Hall–Kier alpha value is -0.690. The maximum absolute atomic E-state index is 5.44. The van der Waals surface area contributed by atoms with Gasteiger partial charge in [0.25, 0.3) is 0 Å². The van der Waals surface area contributed by atoms with Crippen molar-refractivity contribution in [2.45, 2.75) is 6.92 Å². The maximum Gasteiger partial charge on any atom is 0.0563 e. The summed E-state index contributed by atoms with van der Waals surface area (Å²) in [5, 5.41) is 0.383. The van der Waals surface area contributed by atoms with Crippen molar-refractivity contribution in [3.63, 3.8) is 0 Å². The second-order valence-electron chi connectivity index (χ2n) is 1.55. The van der Waals surface area contributed by atoms with Crippen molar-refractivity contribution in [1.29, 1.82) is 0 Å². The number of hydrogen-bond donors (Lipinski definition) is 1. The van der Waals surface area contributed by atoms with Crippen molar-refractivity contribution in [2.24, 2.45) is 5.73 Å². The summed E-state index contributed by atoms with van der Waals surface area (Å²) in [4.78, 5) is 0. The van der Waals surface area contributed by atoms with E-state index < -0.39 is 0 Å². The van der Waals surface area contributed by atoms with Gasteiger partial charge in [-0.1, -0.05) is 30.3 Å². The van der Waals surface area contributed by atoms with Crippen LogP contribution in [0, 0.1) is 0 Å². The molecule has 0 fully saturated rings. The van der Waals surface area contributed by atoms with E-state index >= 15 is 0 Å². The highest BCUT2D eigenvalue weighted by molar-refractivity contribution is 6.31. The summed E-state index contributed by atoms with van der Waals surface area (Å²) in [6, 6.07) is 0. The topological polar surface area (TPSA) is 26.0 Å². The first-order valence-electron chi connectivity index (χ1n) is 2.61. The minimum absolute atomic E-state index is 0.383. The Morgan fingerprint density at radius 2 is 2.22 bits per heavy atom. The van der Waals surface area contributed by atoms with Crippen LogP contribution in [0.4, 0.5) is 0 Å². The standard InChI is InChI=1S/C7H10ClN/c1-3-4-5-7(9)6(2)8/h3-5H,2,9H2,1H3/b4-3-,7-5+. The summed E-state index contributed by atoms with van der Waals surface area (Å²) in [7, 11) is 0. The lowest BCUT2D eigenvalue weighted by Crippen LogP contribution is -1.94. The average molecular weight is 144 g/mol. The highest BCUT2D eigenvalue weighted by atomic mass is 35.5. The molecule has 0 aromatic carbocycles. The third kappa shape index (κ3) is 3.86. The van der Waals surface area contributed by atoms with Crippen LogP contribution in [0.2, 0.25) is 0 Å². The van der Waals surface area contributed by atoms with E-state index in [4.69, 9.17) is 17.3 Å². The van der Waals surface area contributed by atoms with Crippen LogP contribution in [-0.2, 0) is 0 Å². The molecule has 0 atom stereocenters. The van der Waals surface area contributed by atoms with E-state index in [1.54, 1.807) is 6.08 Å². The van der Waals surface area contributed by atoms with E-state index in [-0.39, 0.29) is 0 Å². The Labute approximate surface area is 60.5 Å². The van der Waals surface area contributed by atoms with E-state index in [1.807, 2.05) is 19.1 Å². The van der Waals surface area contributed by atoms with Gasteiger partial charge in [0, 0.05) is 5.70 Å². The summed E-state index contributed by atoms with van der Waals surface area (Å²) in [5.41, 5.74) is 5.89. The summed E-state index contributed by atoms with van der Waals surface area (Å²) >= 11 is 5.44. The zero-order valence-electron chi connectivity index (χ0n) is 5.39. The van der Waals surface area contributed by atoms with Crippen LogP contribution in [0.1, 0.15) is 6.92 Å². The summed E-state index contributed by atoms with van der Waals surface area (Å²) in [5.74, 6) is 0. The van der Waals surface area contributed by atoms with Crippen LogP contribution in [-0.4, -0.2) is 0 Å². The molecule has 0 aliphatic rings. The van der Waals surface area contributed by atoms with E-state index in [9.17, 15) is 0 Å². The monoisotopic (exact) mass is 143 g/mol. The van der Waals surface area contributed by atoms with Crippen molar-refractivity contribution < 1.29 is 0 Å². The summed E-state index contributed by atoms with van der Waals surface area (Å²) < 4.78 is 0. The molecule has 0 saturated heterocycles. The molecule has 0 spiro atoms. The Kier molecular flexibility index (Phi) is 3.89. The highest BCUT2D eigenvalue weighted by Crippen LogP contribution is 2.04. The number of halogens is 1. The van der Waals surface area contributed by atoms with Gasteiger partial charge in [-0.2, -0.15) is 0 Å². The van der Waals surface area contributed by atoms with Gasteiger partial charge in [-0.05, 0) is 13.0 Å². The van der Waals surface area contributed by atoms with Crippen LogP contribution in [0.15, 0.2) is 35.5 Å².